The van der Waals surface area contributed by atoms with Crippen LogP contribution in [-0.2, 0) is 31.9 Å². The number of hydrogen-bond donors (Lipinski definition) is 2. The number of esters is 2. The van der Waals surface area contributed by atoms with E-state index in [1.165, 1.54) is 25.3 Å². The number of carbonyl (C=O) groups excluding carboxylic acids is 2. The first-order valence-corrected chi connectivity index (χ1v) is 16.0. The quantitative estimate of drug-likeness (QED) is 0.183. The number of nitrogens with zero attached hydrogens (tertiary/aromatic N) is 2. The molecule has 5 rings (SSSR count). The predicted octanol–water partition coefficient (Wildman–Crippen LogP) is 8.04. The van der Waals surface area contributed by atoms with Crippen molar-refractivity contribution >= 4 is 67.9 Å². The van der Waals surface area contributed by atoms with Gasteiger partial charge in [-0.05, 0) is 122 Å². The van der Waals surface area contributed by atoms with Crippen LogP contribution in [0.1, 0.15) is 91.5 Å². The lowest BCUT2D eigenvalue weighted by Crippen LogP contribution is -2.02. The molecule has 3 aromatic rings. The Bertz CT molecular complexity index is 1910. The third-order valence-electron chi connectivity index (χ3n) is 9.11. The molecule has 0 atom stereocenters. The molecule has 0 amide bonds. The molecule has 0 radical (unpaired) electrons. The molecule has 236 valence electrons. The number of rotatable bonds is 9. The zero-order valence-corrected chi connectivity index (χ0v) is 27.9. The highest BCUT2D eigenvalue weighted by Gasteiger charge is 2.22. The fraction of sp³-hybridized carbons (Fsp3) is 0.389. The molecule has 8 bridgehead atoms. The maximum absolute atomic E-state index is 12.2. The number of nitrogens with one attached hydrogen (secondary N) is 2. The lowest BCUT2D eigenvalue weighted by atomic mass is 9.99. The van der Waals surface area contributed by atoms with E-state index in [0.717, 1.165) is 84.7 Å². The van der Waals surface area contributed by atoms with E-state index in [1.807, 2.05) is 19.1 Å². The first-order valence-electron chi connectivity index (χ1n) is 15.4. The van der Waals surface area contributed by atoms with Gasteiger partial charge < -0.3 is 19.4 Å². The second kappa shape index (κ2) is 13.4. The minimum atomic E-state index is -0.270. The van der Waals surface area contributed by atoms with E-state index in [2.05, 4.69) is 49.8 Å². The van der Waals surface area contributed by atoms with Crippen molar-refractivity contribution in [2.24, 2.45) is 0 Å². The summed E-state index contributed by atoms with van der Waals surface area (Å²) in [6.45, 7) is 10.5. The normalized spacial score (nSPS) is 13.1. The summed E-state index contributed by atoms with van der Waals surface area (Å²) in [5, 5.41) is 0. The highest BCUT2D eigenvalue weighted by Crippen LogP contribution is 2.37. The third kappa shape index (κ3) is 6.34. The summed E-state index contributed by atoms with van der Waals surface area (Å²) in [7, 11) is 2.82. The Kier molecular flexibility index (Phi) is 9.63. The molecule has 0 saturated carbocycles. The molecule has 0 aromatic carbocycles. The van der Waals surface area contributed by atoms with Crippen molar-refractivity contribution in [1.82, 2.24) is 19.9 Å². The summed E-state index contributed by atoms with van der Waals surface area (Å²) in [4.78, 5) is 41.8. The molecule has 0 aliphatic carbocycles. The van der Waals surface area contributed by atoms with E-state index < -0.39 is 0 Å². The van der Waals surface area contributed by atoms with Crippen LogP contribution in [0, 0.1) is 13.8 Å². The highest BCUT2D eigenvalue weighted by atomic mass is 35.5. The van der Waals surface area contributed by atoms with Crippen LogP contribution in [0.3, 0.4) is 0 Å². The van der Waals surface area contributed by atoms with Gasteiger partial charge in [0.2, 0.25) is 0 Å². The Morgan fingerprint density at radius 2 is 1.16 bits per heavy atom. The summed E-state index contributed by atoms with van der Waals surface area (Å²) in [6.07, 6.45) is 3.07. The van der Waals surface area contributed by atoms with Gasteiger partial charge in [0.1, 0.15) is 0 Å². The Morgan fingerprint density at radius 1 is 0.667 bits per heavy atom. The van der Waals surface area contributed by atoms with Crippen LogP contribution < -0.4 is 0 Å². The van der Waals surface area contributed by atoms with Crippen LogP contribution in [0.25, 0.3) is 44.4 Å². The minimum Gasteiger partial charge on any atom is -0.469 e. The number of aromatic nitrogens is 4. The topological polar surface area (TPSA) is 110 Å². The number of aryl methyl sites for hydroxylation is 4. The van der Waals surface area contributed by atoms with Gasteiger partial charge in [0.05, 0.1) is 37.0 Å². The smallest absolute Gasteiger partial charge is 0.305 e. The predicted molar refractivity (Wildman–Crippen MR) is 182 cm³/mol. The standard InChI is InChI=1S/C36H41ClN4O4/c1-8-23-19(2)27-15-28-22(5)26(13-14-37)33(39-28)17-30-20(3)24(9-11-35(42)44-6)32(40-30)16-29-21(4)25(10-12-36(43)45-7)34(41-29)18-31(23)38-27/h15-18,38,41H,8-14H2,1-7H3. The number of methoxy groups -OCH3 is 2. The van der Waals surface area contributed by atoms with Gasteiger partial charge in [-0.25, -0.2) is 9.97 Å². The summed E-state index contributed by atoms with van der Waals surface area (Å²) < 4.78 is 9.92. The maximum Gasteiger partial charge on any atom is 0.305 e. The van der Waals surface area contributed by atoms with Gasteiger partial charge in [-0.1, -0.05) is 6.92 Å². The molecular weight excluding hydrogens is 588 g/mol. The van der Waals surface area contributed by atoms with Crippen molar-refractivity contribution in [3.63, 3.8) is 0 Å². The molecule has 5 heterocycles. The molecule has 3 aromatic heterocycles. The van der Waals surface area contributed by atoms with E-state index >= 15 is 0 Å². The lowest BCUT2D eigenvalue weighted by Gasteiger charge is -2.04. The molecule has 0 saturated heterocycles. The van der Waals surface area contributed by atoms with Crippen molar-refractivity contribution in [3.8, 4) is 0 Å². The second-order valence-corrected chi connectivity index (χ2v) is 12.0. The first-order chi connectivity index (χ1) is 21.6. The number of hydrogen-bond acceptors (Lipinski definition) is 6. The third-order valence-corrected chi connectivity index (χ3v) is 9.30. The van der Waals surface area contributed by atoms with Crippen molar-refractivity contribution < 1.29 is 19.1 Å². The van der Waals surface area contributed by atoms with Crippen molar-refractivity contribution in [3.05, 3.63) is 69.3 Å². The molecule has 0 unspecified atom stereocenters. The second-order valence-electron chi connectivity index (χ2n) is 11.6. The van der Waals surface area contributed by atoms with Gasteiger partial charge >= 0.3 is 11.9 Å². The molecule has 2 N–H and O–H groups in total. The number of ether oxygens (including phenoxy) is 2. The zero-order valence-electron chi connectivity index (χ0n) is 27.2. The van der Waals surface area contributed by atoms with Crippen LogP contribution in [0.15, 0.2) is 24.3 Å². The average molecular weight is 629 g/mol. The summed E-state index contributed by atoms with van der Waals surface area (Å²) >= 11 is 6.27. The van der Waals surface area contributed by atoms with E-state index in [1.54, 1.807) is 0 Å². The van der Waals surface area contributed by atoms with Crippen molar-refractivity contribution in [1.29, 1.82) is 0 Å². The molecule has 2 aliphatic rings. The van der Waals surface area contributed by atoms with Crippen LogP contribution in [0.4, 0.5) is 0 Å². The zero-order chi connectivity index (χ0) is 32.4. The SMILES string of the molecule is CCc1c(C)c2cc3nc(cc4nc(cc5[nH]c(cc1[nH]2)c(CCC(=O)OC)c5C)C(CCC(=O)OC)=C4C)C(CCCl)=C3C. The van der Waals surface area contributed by atoms with E-state index in [9.17, 15) is 9.59 Å². The maximum atomic E-state index is 12.2. The van der Waals surface area contributed by atoms with Crippen molar-refractivity contribution in [2.75, 3.05) is 20.1 Å². The molecule has 45 heavy (non-hydrogen) atoms. The van der Waals surface area contributed by atoms with Crippen LogP contribution in [0.2, 0.25) is 0 Å². The number of H-pyrrole nitrogens is 2. The van der Waals surface area contributed by atoms with Gasteiger partial charge in [-0.2, -0.15) is 0 Å². The summed E-state index contributed by atoms with van der Waals surface area (Å²) in [6, 6.07) is 8.35. The number of carbonyl (C=O) groups is 2. The highest BCUT2D eigenvalue weighted by molar-refractivity contribution is 6.18. The Balaban J connectivity index is 1.89. The molecule has 2 aliphatic heterocycles. The largest absolute Gasteiger partial charge is 0.469 e. The van der Waals surface area contributed by atoms with E-state index in [0.29, 0.717) is 25.1 Å². The van der Waals surface area contributed by atoms with Gasteiger partial charge in [-0.3, -0.25) is 9.59 Å². The summed E-state index contributed by atoms with van der Waals surface area (Å²) in [5.41, 5.74) is 15.9. The number of halogens is 1. The van der Waals surface area contributed by atoms with Gasteiger partial charge in [0.15, 0.2) is 0 Å². The van der Waals surface area contributed by atoms with Gasteiger partial charge in [0, 0.05) is 40.8 Å². The van der Waals surface area contributed by atoms with Crippen molar-refractivity contribution in [2.45, 2.75) is 73.1 Å². The van der Waals surface area contributed by atoms with Crippen LogP contribution in [0.5, 0.6) is 0 Å². The Morgan fingerprint density at radius 3 is 1.73 bits per heavy atom. The number of fused-ring (bicyclic) bond motifs is 8. The van der Waals surface area contributed by atoms with E-state index in [4.69, 9.17) is 31.0 Å². The number of allylic oxidation sites excluding steroid dienone is 4. The Hall–Kier alpha value is -4.17. The molecule has 8 nitrogen and oxygen atoms in total. The Labute approximate surface area is 268 Å². The monoisotopic (exact) mass is 628 g/mol. The number of aromatic amines is 2. The fourth-order valence-corrected chi connectivity index (χ4v) is 6.57. The molecule has 0 fully saturated rings. The first kappa shape index (κ1) is 32.2. The van der Waals surface area contributed by atoms with Gasteiger partial charge in [0.25, 0.3) is 0 Å². The number of alkyl halides is 1. The molecular formula is C36H41ClN4O4. The van der Waals surface area contributed by atoms with Crippen LogP contribution >= 0.6 is 11.6 Å². The molecule has 0 spiro atoms. The summed E-state index contributed by atoms with van der Waals surface area (Å²) in [5.74, 6) is -0.0404. The van der Waals surface area contributed by atoms with E-state index in [-0.39, 0.29) is 24.8 Å². The van der Waals surface area contributed by atoms with Crippen LogP contribution in [-0.4, -0.2) is 52.0 Å². The lowest BCUT2D eigenvalue weighted by molar-refractivity contribution is -0.141. The fourth-order valence-electron chi connectivity index (χ4n) is 6.38. The minimum absolute atomic E-state index is 0.245. The molecule has 9 heteroatoms. The average Bonchev–Trinajstić information content (AvgIpc) is 3.68. The van der Waals surface area contributed by atoms with Gasteiger partial charge in [-0.15, -0.1) is 11.6 Å².